The van der Waals surface area contributed by atoms with Crippen molar-refractivity contribution in [2.75, 3.05) is 0 Å². The summed E-state index contributed by atoms with van der Waals surface area (Å²) in [5.74, 6) is 0. The molecule has 1 aromatic heterocycles. The molecular weight excluding hydrogens is 328 g/mol. The number of aldehydes is 1. The van der Waals surface area contributed by atoms with Crippen LogP contribution >= 0.6 is 0 Å². The van der Waals surface area contributed by atoms with Crippen LogP contribution < -0.4 is 21.8 Å². The van der Waals surface area contributed by atoms with Crippen LogP contribution in [0.1, 0.15) is 11.1 Å². The average Bonchev–Trinajstić information content (AvgIpc) is 2.68. The summed E-state index contributed by atoms with van der Waals surface area (Å²) in [7, 11) is 1.56. The zero-order valence-electron chi connectivity index (χ0n) is 14.3. The highest BCUT2D eigenvalue weighted by Gasteiger charge is 2.08. The lowest BCUT2D eigenvalue weighted by Crippen LogP contribution is -2.57. The van der Waals surface area contributed by atoms with Gasteiger partial charge >= 0.3 is 0 Å². The van der Waals surface area contributed by atoms with Gasteiger partial charge in [-0.25, -0.2) is 0 Å². The van der Waals surface area contributed by atoms with Crippen LogP contribution in [0, 0.1) is 0 Å². The Balaban J connectivity index is 2.38. The van der Waals surface area contributed by atoms with E-state index in [1.807, 2.05) is 60.7 Å². The maximum atomic E-state index is 12.9. The fraction of sp³-hybridized carbons (Fsp3) is 0.0952. The van der Waals surface area contributed by atoms with E-state index in [2.05, 4.69) is 0 Å². The summed E-state index contributed by atoms with van der Waals surface area (Å²) in [6.07, 6.45) is 3.90. The van der Waals surface area contributed by atoms with Crippen molar-refractivity contribution in [1.29, 1.82) is 0 Å². The summed E-state index contributed by atoms with van der Waals surface area (Å²) in [5, 5.41) is 0.411. The maximum Gasteiger partial charge on any atom is 0.275 e. The van der Waals surface area contributed by atoms with Crippen molar-refractivity contribution in [3.63, 3.8) is 0 Å². The Kier molecular flexibility index (Phi) is 5.08. The van der Waals surface area contributed by atoms with E-state index in [0.717, 1.165) is 11.1 Å². The van der Waals surface area contributed by atoms with Crippen molar-refractivity contribution in [2.45, 2.75) is 6.54 Å². The SMILES string of the molecule is Cn1c(=O)/c(=C/c2ccccc2)n(CC=O)c(=O)/c1=C/c1ccccc1. The van der Waals surface area contributed by atoms with Gasteiger partial charge in [-0.1, -0.05) is 60.7 Å². The molecule has 3 aromatic rings. The Morgan fingerprint density at radius 2 is 1.27 bits per heavy atom. The quantitative estimate of drug-likeness (QED) is 0.643. The minimum atomic E-state index is -0.384. The van der Waals surface area contributed by atoms with E-state index in [0.29, 0.717) is 6.29 Å². The van der Waals surface area contributed by atoms with Crippen LogP contribution in [-0.2, 0) is 18.4 Å². The fourth-order valence-electron chi connectivity index (χ4n) is 2.76. The summed E-state index contributed by atoms with van der Waals surface area (Å²) in [4.78, 5) is 36.9. The molecule has 0 radical (unpaired) electrons. The van der Waals surface area contributed by atoms with Crippen molar-refractivity contribution in [3.05, 3.63) is 103 Å². The molecule has 130 valence electrons. The van der Waals surface area contributed by atoms with Crippen LogP contribution in [0.3, 0.4) is 0 Å². The molecule has 26 heavy (non-hydrogen) atoms. The molecule has 0 spiro atoms. The molecule has 0 unspecified atom stereocenters. The third-order valence-corrected chi connectivity index (χ3v) is 4.10. The molecule has 1 heterocycles. The second-order valence-electron chi connectivity index (χ2n) is 5.83. The predicted octanol–water partition coefficient (Wildman–Crippen LogP) is 0.404. The minimum absolute atomic E-state index is 0.177. The highest BCUT2D eigenvalue weighted by atomic mass is 16.1. The van der Waals surface area contributed by atoms with Gasteiger partial charge in [0.15, 0.2) is 0 Å². The first-order chi connectivity index (χ1) is 12.6. The lowest BCUT2D eigenvalue weighted by molar-refractivity contribution is -0.108. The third-order valence-electron chi connectivity index (χ3n) is 4.10. The Morgan fingerprint density at radius 1 is 0.769 bits per heavy atom. The molecular formula is C21H18N2O3. The van der Waals surface area contributed by atoms with Crippen LogP contribution in [0.25, 0.3) is 12.2 Å². The highest BCUT2D eigenvalue weighted by molar-refractivity contribution is 5.52. The Labute approximate surface area is 149 Å². The molecule has 3 rings (SSSR count). The number of carbonyl (C=O) groups excluding carboxylic acids is 1. The van der Waals surface area contributed by atoms with Crippen molar-refractivity contribution >= 4 is 18.4 Å². The Morgan fingerprint density at radius 3 is 1.77 bits per heavy atom. The van der Waals surface area contributed by atoms with Gasteiger partial charge in [0.25, 0.3) is 11.1 Å². The minimum Gasteiger partial charge on any atom is -0.305 e. The zero-order chi connectivity index (χ0) is 18.5. The van der Waals surface area contributed by atoms with Gasteiger partial charge in [0.1, 0.15) is 17.0 Å². The second-order valence-corrected chi connectivity index (χ2v) is 5.83. The van der Waals surface area contributed by atoms with E-state index in [4.69, 9.17) is 0 Å². The molecule has 0 aliphatic carbocycles. The van der Waals surface area contributed by atoms with Gasteiger partial charge in [-0.3, -0.25) is 14.2 Å². The van der Waals surface area contributed by atoms with Gasteiger partial charge in [-0.2, -0.15) is 0 Å². The van der Waals surface area contributed by atoms with Gasteiger partial charge in [0.2, 0.25) is 0 Å². The lowest BCUT2D eigenvalue weighted by atomic mass is 10.2. The number of carbonyl (C=O) groups is 1. The van der Waals surface area contributed by atoms with E-state index in [9.17, 15) is 14.4 Å². The second kappa shape index (κ2) is 7.61. The first-order valence-corrected chi connectivity index (χ1v) is 8.19. The molecule has 0 fully saturated rings. The van der Waals surface area contributed by atoms with E-state index in [-0.39, 0.29) is 28.4 Å². The molecule has 0 aliphatic rings. The Hall–Kier alpha value is -3.47. The fourth-order valence-corrected chi connectivity index (χ4v) is 2.76. The van der Waals surface area contributed by atoms with E-state index in [1.165, 1.54) is 9.13 Å². The first kappa shape index (κ1) is 17.4. The maximum absolute atomic E-state index is 12.9. The van der Waals surface area contributed by atoms with E-state index in [1.54, 1.807) is 19.2 Å². The van der Waals surface area contributed by atoms with Gasteiger partial charge in [0, 0.05) is 7.05 Å². The van der Waals surface area contributed by atoms with Gasteiger partial charge in [-0.15, -0.1) is 0 Å². The van der Waals surface area contributed by atoms with Gasteiger partial charge in [0.05, 0.1) is 6.54 Å². The van der Waals surface area contributed by atoms with Crippen molar-refractivity contribution < 1.29 is 4.79 Å². The number of nitrogens with zero attached hydrogens (tertiary/aromatic N) is 2. The topological polar surface area (TPSA) is 61.1 Å². The molecule has 0 aliphatic heterocycles. The Bertz CT molecular complexity index is 1160. The van der Waals surface area contributed by atoms with Crippen molar-refractivity contribution in [2.24, 2.45) is 7.05 Å². The highest BCUT2D eigenvalue weighted by Crippen LogP contribution is 1.98. The van der Waals surface area contributed by atoms with Crippen LogP contribution in [-0.4, -0.2) is 15.4 Å². The van der Waals surface area contributed by atoms with Crippen LogP contribution in [0.5, 0.6) is 0 Å². The number of benzene rings is 2. The zero-order valence-corrected chi connectivity index (χ0v) is 14.3. The molecule has 0 atom stereocenters. The molecule has 0 bridgehead atoms. The third kappa shape index (κ3) is 3.47. The summed E-state index contributed by atoms with van der Waals surface area (Å²) in [6, 6.07) is 18.5. The molecule has 0 N–H and O–H groups in total. The number of hydrogen-bond acceptors (Lipinski definition) is 3. The molecule has 0 amide bonds. The number of hydrogen-bond donors (Lipinski definition) is 0. The molecule has 5 nitrogen and oxygen atoms in total. The van der Waals surface area contributed by atoms with Crippen molar-refractivity contribution in [3.8, 4) is 0 Å². The van der Waals surface area contributed by atoms with Crippen molar-refractivity contribution in [1.82, 2.24) is 9.13 Å². The summed E-state index contributed by atoms with van der Waals surface area (Å²) in [5.41, 5.74) is 0.864. The lowest BCUT2D eigenvalue weighted by Gasteiger charge is -2.07. The molecule has 2 aromatic carbocycles. The van der Waals surface area contributed by atoms with Crippen LogP contribution in [0.15, 0.2) is 70.3 Å². The predicted molar refractivity (Wildman–Crippen MR) is 101 cm³/mol. The average molecular weight is 346 g/mol. The summed E-state index contributed by atoms with van der Waals surface area (Å²) < 4.78 is 2.54. The molecule has 5 heteroatoms. The summed E-state index contributed by atoms with van der Waals surface area (Å²) in [6.45, 7) is -0.177. The van der Waals surface area contributed by atoms with E-state index < -0.39 is 0 Å². The monoisotopic (exact) mass is 346 g/mol. The molecule has 0 saturated heterocycles. The summed E-state index contributed by atoms with van der Waals surface area (Å²) >= 11 is 0. The number of rotatable bonds is 4. The van der Waals surface area contributed by atoms with Gasteiger partial charge in [-0.05, 0) is 23.3 Å². The standard InChI is InChI=1S/C21H18N2O3/c1-22-18(14-16-8-4-2-5-9-16)21(26)23(12-13-24)19(20(22)25)15-17-10-6-3-7-11-17/h2-11,13-15H,12H2,1H3/b18-14-,19-15-. The van der Waals surface area contributed by atoms with E-state index >= 15 is 0 Å². The first-order valence-electron chi connectivity index (χ1n) is 8.19. The van der Waals surface area contributed by atoms with Gasteiger partial charge < -0.3 is 9.36 Å². The van der Waals surface area contributed by atoms with Crippen LogP contribution in [0.2, 0.25) is 0 Å². The molecule has 0 saturated carbocycles. The largest absolute Gasteiger partial charge is 0.305 e. The van der Waals surface area contributed by atoms with Crippen LogP contribution in [0.4, 0.5) is 0 Å². The smallest absolute Gasteiger partial charge is 0.275 e. The number of aromatic nitrogens is 2. The normalized spacial score (nSPS) is 12.3.